The van der Waals surface area contributed by atoms with Crippen LogP contribution in [-0.4, -0.2) is 5.91 Å². The highest BCUT2D eigenvalue weighted by Crippen LogP contribution is 2.31. The molecule has 1 amide bonds. The Hall–Kier alpha value is -1.35. The van der Waals surface area contributed by atoms with E-state index < -0.39 is 0 Å². The van der Waals surface area contributed by atoms with Crippen molar-refractivity contribution in [3.63, 3.8) is 0 Å². The van der Waals surface area contributed by atoms with Gasteiger partial charge in [0.2, 0.25) is 5.91 Å². The van der Waals surface area contributed by atoms with Gasteiger partial charge in [-0.3, -0.25) is 4.79 Å². The molecule has 1 N–H and O–H groups in total. The number of hydrogen-bond donors (Lipinski definition) is 1. The monoisotopic (exact) mass is 289 g/mol. The first-order valence-corrected chi connectivity index (χ1v) is 6.52. The summed E-state index contributed by atoms with van der Waals surface area (Å²) < 4.78 is 1.08. The van der Waals surface area contributed by atoms with Crippen molar-refractivity contribution in [1.82, 2.24) is 0 Å². The third-order valence-corrected chi connectivity index (χ3v) is 3.73. The summed E-state index contributed by atoms with van der Waals surface area (Å²) >= 11 is 3.52. The van der Waals surface area contributed by atoms with Crippen molar-refractivity contribution in [2.45, 2.75) is 12.8 Å². The van der Waals surface area contributed by atoms with Gasteiger partial charge in [0.15, 0.2) is 0 Å². The fourth-order valence-corrected chi connectivity index (χ4v) is 2.43. The summed E-state index contributed by atoms with van der Waals surface area (Å²) in [5.41, 5.74) is 0.882. The van der Waals surface area contributed by atoms with E-state index in [2.05, 4.69) is 21.2 Å². The summed E-state index contributed by atoms with van der Waals surface area (Å²) in [7, 11) is 0. The molecule has 0 heterocycles. The average Bonchev–Trinajstić information content (AvgIpc) is 3.13. The summed E-state index contributed by atoms with van der Waals surface area (Å²) in [6, 6.07) is 12.1. The lowest BCUT2D eigenvalue weighted by Gasteiger charge is -2.06. The average molecular weight is 290 g/mol. The van der Waals surface area contributed by atoms with Crippen molar-refractivity contribution < 1.29 is 4.79 Å². The molecule has 3 rings (SSSR count). The minimum Gasteiger partial charge on any atom is -0.326 e. The third kappa shape index (κ3) is 2.20. The lowest BCUT2D eigenvalue weighted by molar-refractivity contribution is -0.117. The number of halogens is 1. The van der Waals surface area contributed by atoms with Crippen LogP contribution in [0, 0.1) is 5.92 Å². The van der Waals surface area contributed by atoms with E-state index in [1.807, 2.05) is 36.4 Å². The van der Waals surface area contributed by atoms with E-state index >= 15 is 0 Å². The van der Waals surface area contributed by atoms with Crippen molar-refractivity contribution in [2.75, 3.05) is 5.32 Å². The van der Waals surface area contributed by atoms with E-state index in [0.717, 1.165) is 33.8 Å². The molecule has 2 aromatic carbocycles. The largest absolute Gasteiger partial charge is 0.326 e. The first kappa shape index (κ1) is 10.8. The third-order valence-electron chi connectivity index (χ3n) is 3.04. The normalized spacial score (nSPS) is 14.9. The zero-order valence-corrected chi connectivity index (χ0v) is 10.8. The highest BCUT2D eigenvalue weighted by atomic mass is 79.9. The first-order chi connectivity index (χ1) is 8.24. The van der Waals surface area contributed by atoms with Gasteiger partial charge >= 0.3 is 0 Å². The van der Waals surface area contributed by atoms with Gasteiger partial charge < -0.3 is 5.32 Å². The van der Waals surface area contributed by atoms with Gasteiger partial charge in [0.1, 0.15) is 0 Å². The Kier molecular flexibility index (Phi) is 2.63. The van der Waals surface area contributed by atoms with Crippen LogP contribution < -0.4 is 5.32 Å². The quantitative estimate of drug-likeness (QED) is 0.891. The second-order valence-corrected chi connectivity index (χ2v) is 5.29. The van der Waals surface area contributed by atoms with Gasteiger partial charge in [0, 0.05) is 16.1 Å². The van der Waals surface area contributed by atoms with Gasteiger partial charge in [-0.25, -0.2) is 0 Å². The number of carbonyl (C=O) groups excluding carboxylic acids is 1. The van der Waals surface area contributed by atoms with Gasteiger partial charge in [0.25, 0.3) is 0 Å². The Morgan fingerprint density at radius 3 is 2.82 bits per heavy atom. The molecule has 0 radical (unpaired) electrons. The van der Waals surface area contributed by atoms with Crippen LogP contribution in [0.15, 0.2) is 40.9 Å². The number of fused-ring (bicyclic) bond motifs is 1. The predicted octanol–water partition coefficient (Wildman–Crippen LogP) is 3.95. The fraction of sp³-hybridized carbons (Fsp3) is 0.214. The van der Waals surface area contributed by atoms with Crippen LogP contribution >= 0.6 is 15.9 Å². The highest BCUT2D eigenvalue weighted by Gasteiger charge is 2.29. The van der Waals surface area contributed by atoms with Crippen LogP contribution in [0.3, 0.4) is 0 Å². The minimum atomic E-state index is 0.152. The van der Waals surface area contributed by atoms with Crippen molar-refractivity contribution >= 4 is 38.3 Å². The molecule has 1 saturated carbocycles. The molecule has 3 heteroatoms. The van der Waals surface area contributed by atoms with Crippen LogP contribution in [0.2, 0.25) is 0 Å². The number of amides is 1. The molecule has 1 aliphatic carbocycles. The van der Waals surface area contributed by atoms with E-state index in [1.54, 1.807) is 0 Å². The molecule has 0 spiro atoms. The van der Waals surface area contributed by atoms with Crippen molar-refractivity contribution in [1.29, 1.82) is 0 Å². The molecule has 0 saturated heterocycles. The summed E-state index contributed by atoms with van der Waals surface area (Å²) in [6.45, 7) is 0. The molecular formula is C14H12BrNO. The van der Waals surface area contributed by atoms with Gasteiger partial charge in [0.05, 0.1) is 0 Å². The van der Waals surface area contributed by atoms with E-state index in [9.17, 15) is 4.79 Å². The molecule has 2 nitrogen and oxygen atoms in total. The number of nitrogens with one attached hydrogen (secondary N) is 1. The van der Waals surface area contributed by atoms with Crippen molar-refractivity contribution in [3.05, 3.63) is 40.9 Å². The molecule has 1 aliphatic rings. The van der Waals surface area contributed by atoms with Crippen LogP contribution in [-0.2, 0) is 4.79 Å². The van der Waals surface area contributed by atoms with E-state index in [-0.39, 0.29) is 11.8 Å². The molecule has 17 heavy (non-hydrogen) atoms. The number of benzene rings is 2. The van der Waals surface area contributed by atoms with Crippen molar-refractivity contribution in [2.24, 2.45) is 5.92 Å². The summed E-state index contributed by atoms with van der Waals surface area (Å²) in [5.74, 6) is 0.396. The maximum absolute atomic E-state index is 11.7. The number of rotatable bonds is 2. The molecule has 1 fully saturated rings. The SMILES string of the molecule is O=C(Nc1ccc2c(Br)cccc2c1)C1CC1. The second kappa shape index (κ2) is 4.15. The molecule has 2 aromatic rings. The van der Waals surface area contributed by atoms with Gasteiger partial charge in [-0.1, -0.05) is 34.1 Å². The smallest absolute Gasteiger partial charge is 0.227 e. The Morgan fingerprint density at radius 2 is 2.06 bits per heavy atom. The fourth-order valence-electron chi connectivity index (χ4n) is 1.91. The maximum atomic E-state index is 11.7. The molecule has 0 aromatic heterocycles. The van der Waals surface area contributed by atoms with E-state index in [0.29, 0.717) is 0 Å². The molecule has 86 valence electrons. The van der Waals surface area contributed by atoms with Crippen LogP contribution in [0.4, 0.5) is 5.69 Å². The number of carbonyl (C=O) groups is 1. The number of hydrogen-bond acceptors (Lipinski definition) is 1. The predicted molar refractivity (Wildman–Crippen MR) is 73.0 cm³/mol. The summed E-state index contributed by atoms with van der Waals surface area (Å²) in [6.07, 6.45) is 2.07. The van der Waals surface area contributed by atoms with E-state index in [4.69, 9.17) is 0 Å². The zero-order valence-electron chi connectivity index (χ0n) is 9.24. The molecule has 0 unspecified atom stereocenters. The molecule has 0 aliphatic heterocycles. The lowest BCUT2D eigenvalue weighted by Crippen LogP contribution is -2.13. The van der Waals surface area contributed by atoms with Gasteiger partial charge in [-0.15, -0.1) is 0 Å². The minimum absolute atomic E-state index is 0.152. The maximum Gasteiger partial charge on any atom is 0.227 e. The first-order valence-electron chi connectivity index (χ1n) is 5.73. The van der Waals surface area contributed by atoms with Crippen LogP contribution in [0.5, 0.6) is 0 Å². The Balaban J connectivity index is 1.93. The standard InChI is InChI=1S/C14H12BrNO/c15-13-3-1-2-10-8-11(6-7-12(10)13)16-14(17)9-4-5-9/h1-3,6-9H,4-5H2,(H,16,17). The molecule has 0 bridgehead atoms. The zero-order chi connectivity index (χ0) is 11.8. The van der Waals surface area contributed by atoms with Crippen molar-refractivity contribution in [3.8, 4) is 0 Å². The van der Waals surface area contributed by atoms with Crippen LogP contribution in [0.25, 0.3) is 10.8 Å². The molecule has 0 atom stereocenters. The Morgan fingerprint density at radius 1 is 1.24 bits per heavy atom. The van der Waals surface area contributed by atoms with Crippen LogP contribution in [0.1, 0.15) is 12.8 Å². The molecular weight excluding hydrogens is 278 g/mol. The van der Waals surface area contributed by atoms with E-state index in [1.165, 1.54) is 0 Å². The van der Waals surface area contributed by atoms with Gasteiger partial charge in [-0.2, -0.15) is 0 Å². The lowest BCUT2D eigenvalue weighted by atomic mass is 10.1. The Labute approximate surface area is 108 Å². The second-order valence-electron chi connectivity index (χ2n) is 4.44. The Bertz CT molecular complexity index is 590. The summed E-state index contributed by atoms with van der Waals surface area (Å²) in [5, 5.41) is 5.26. The van der Waals surface area contributed by atoms with Gasteiger partial charge in [-0.05, 0) is 41.8 Å². The highest BCUT2D eigenvalue weighted by molar-refractivity contribution is 9.10. The number of anilines is 1. The topological polar surface area (TPSA) is 29.1 Å². The summed E-state index contributed by atoms with van der Waals surface area (Å²) in [4.78, 5) is 11.7.